The zero-order chi connectivity index (χ0) is 9.19. The Morgan fingerprint density at radius 2 is 2.17 bits per heavy atom. The van der Waals surface area contributed by atoms with E-state index in [4.69, 9.17) is 0 Å². The molecule has 0 aromatic carbocycles. The minimum Gasteiger partial charge on any atom is -0.331 e. The van der Waals surface area contributed by atoms with Crippen LogP contribution >= 0.6 is 0 Å². The van der Waals surface area contributed by atoms with Crippen molar-refractivity contribution < 1.29 is 4.79 Å². The van der Waals surface area contributed by atoms with Crippen LogP contribution in [-0.4, -0.2) is 22.9 Å². The lowest BCUT2D eigenvalue weighted by atomic mass is 10.1. The molecular formula is C10H17NO. The van der Waals surface area contributed by atoms with Gasteiger partial charge in [-0.05, 0) is 20.3 Å². The second-order valence-corrected chi connectivity index (χ2v) is 3.83. The average molecular weight is 167 g/mol. The molecule has 0 aromatic heterocycles. The molecule has 1 aliphatic heterocycles. The number of unbranched alkanes of at least 4 members (excludes halogenated alkanes) is 1. The van der Waals surface area contributed by atoms with E-state index >= 15 is 0 Å². The topological polar surface area (TPSA) is 20.3 Å². The molecule has 2 heteroatoms. The van der Waals surface area contributed by atoms with Crippen LogP contribution in [0.3, 0.4) is 0 Å². The van der Waals surface area contributed by atoms with Crippen LogP contribution in [0.25, 0.3) is 0 Å². The summed E-state index contributed by atoms with van der Waals surface area (Å²) in [4.78, 5) is 13.3. The number of amides is 1. The summed E-state index contributed by atoms with van der Waals surface area (Å²) in [6.45, 7) is 7.17. The Kier molecular flexibility index (Phi) is 2.55. The molecule has 0 saturated carbocycles. The molecule has 12 heavy (non-hydrogen) atoms. The predicted molar refractivity (Wildman–Crippen MR) is 49.8 cm³/mol. The lowest BCUT2D eigenvalue weighted by Gasteiger charge is -2.31. The lowest BCUT2D eigenvalue weighted by Crippen LogP contribution is -2.41. The van der Waals surface area contributed by atoms with E-state index in [9.17, 15) is 4.79 Å². The van der Waals surface area contributed by atoms with Gasteiger partial charge in [0.05, 0.1) is 5.54 Å². The molecule has 1 aliphatic rings. The minimum absolute atomic E-state index is 0.0632. The van der Waals surface area contributed by atoms with Crippen molar-refractivity contribution in [1.29, 1.82) is 0 Å². The molecule has 0 spiro atoms. The van der Waals surface area contributed by atoms with Gasteiger partial charge < -0.3 is 4.90 Å². The van der Waals surface area contributed by atoms with Crippen molar-refractivity contribution in [1.82, 2.24) is 4.90 Å². The fourth-order valence-corrected chi connectivity index (χ4v) is 1.45. The molecule has 2 nitrogen and oxygen atoms in total. The zero-order valence-corrected chi connectivity index (χ0v) is 8.13. The minimum atomic E-state index is -0.0632. The van der Waals surface area contributed by atoms with E-state index < -0.39 is 0 Å². The number of nitrogens with zero attached hydrogens (tertiary/aromatic N) is 1. The van der Waals surface area contributed by atoms with Crippen LogP contribution in [0.2, 0.25) is 0 Å². The lowest BCUT2D eigenvalue weighted by molar-refractivity contribution is -0.127. The molecule has 1 amide bonds. The van der Waals surface area contributed by atoms with Crippen LogP contribution in [-0.2, 0) is 4.79 Å². The highest BCUT2D eigenvalue weighted by Crippen LogP contribution is 2.22. The van der Waals surface area contributed by atoms with Gasteiger partial charge in [-0.2, -0.15) is 0 Å². The number of rotatable bonds is 3. The molecule has 0 unspecified atom stereocenters. The molecule has 0 aliphatic carbocycles. The van der Waals surface area contributed by atoms with E-state index in [1.54, 1.807) is 6.08 Å². The number of hydrogen-bond acceptors (Lipinski definition) is 1. The second kappa shape index (κ2) is 3.30. The highest BCUT2D eigenvalue weighted by atomic mass is 16.2. The van der Waals surface area contributed by atoms with Gasteiger partial charge in [-0.1, -0.05) is 19.4 Å². The SMILES string of the molecule is CCCCN1C(=O)C=CC1(C)C. The van der Waals surface area contributed by atoms with Crippen LogP contribution in [0.5, 0.6) is 0 Å². The molecular weight excluding hydrogens is 150 g/mol. The first-order valence-corrected chi connectivity index (χ1v) is 4.59. The molecule has 1 rings (SSSR count). The van der Waals surface area contributed by atoms with Gasteiger partial charge in [0.25, 0.3) is 0 Å². The normalized spacial score (nSPS) is 20.6. The van der Waals surface area contributed by atoms with E-state index in [2.05, 4.69) is 20.8 Å². The summed E-state index contributed by atoms with van der Waals surface area (Å²) in [7, 11) is 0. The summed E-state index contributed by atoms with van der Waals surface area (Å²) in [5, 5.41) is 0. The fraction of sp³-hybridized carbons (Fsp3) is 0.700. The van der Waals surface area contributed by atoms with E-state index in [1.165, 1.54) is 0 Å². The maximum Gasteiger partial charge on any atom is 0.247 e. The van der Waals surface area contributed by atoms with Gasteiger partial charge in [0.1, 0.15) is 0 Å². The molecule has 0 N–H and O–H groups in total. The van der Waals surface area contributed by atoms with Gasteiger partial charge in [-0.3, -0.25) is 4.79 Å². The molecule has 0 aromatic rings. The van der Waals surface area contributed by atoms with Crippen molar-refractivity contribution in [2.24, 2.45) is 0 Å². The molecule has 1 heterocycles. The molecule has 0 radical (unpaired) electrons. The van der Waals surface area contributed by atoms with Crippen molar-refractivity contribution in [2.45, 2.75) is 39.2 Å². The van der Waals surface area contributed by atoms with E-state index in [1.807, 2.05) is 11.0 Å². The van der Waals surface area contributed by atoms with Crippen LogP contribution in [0.4, 0.5) is 0 Å². The summed E-state index contributed by atoms with van der Waals surface area (Å²) < 4.78 is 0. The average Bonchev–Trinajstić information content (AvgIpc) is 2.24. The Hall–Kier alpha value is -0.790. The van der Waals surface area contributed by atoms with Crippen molar-refractivity contribution in [2.75, 3.05) is 6.54 Å². The third kappa shape index (κ3) is 1.68. The summed E-state index contributed by atoms with van der Waals surface area (Å²) >= 11 is 0. The fourth-order valence-electron chi connectivity index (χ4n) is 1.45. The second-order valence-electron chi connectivity index (χ2n) is 3.83. The van der Waals surface area contributed by atoms with Gasteiger partial charge in [0.2, 0.25) is 5.91 Å². The highest BCUT2D eigenvalue weighted by Gasteiger charge is 2.31. The molecule has 0 saturated heterocycles. The van der Waals surface area contributed by atoms with E-state index in [-0.39, 0.29) is 11.4 Å². The number of carbonyl (C=O) groups excluding carboxylic acids is 1. The summed E-state index contributed by atoms with van der Waals surface area (Å²) in [6.07, 6.45) is 5.89. The highest BCUT2D eigenvalue weighted by molar-refractivity contribution is 5.91. The zero-order valence-electron chi connectivity index (χ0n) is 8.13. The first-order chi connectivity index (χ1) is 5.58. The van der Waals surface area contributed by atoms with Gasteiger partial charge in [0, 0.05) is 12.6 Å². The summed E-state index contributed by atoms with van der Waals surface area (Å²) in [5.41, 5.74) is -0.0632. The third-order valence-electron chi connectivity index (χ3n) is 2.33. The quantitative estimate of drug-likeness (QED) is 0.629. The van der Waals surface area contributed by atoms with Crippen molar-refractivity contribution in [3.05, 3.63) is 12.2 Å². The van der Waals surface area contributed by atoms with Crippen LogP contribution in [0, 0.1) is 0 Å². The maximum atomic E-state index is 11.3. The Balaban J connectivity index is 2.57. The van der Waals surface area contributed by atoms with E-state index in [0.29, 0.717) is 0 Å². The van der Waals surface area contributed by atoms with Crippen LogP contribution in [0.15, 0.2) is 12.2 Å². The van der Waals surface area contributed by atoms with Gasteiger partial charge >= 0.3 is 0 Å². The first-order valence-electron chi connectivity index (χ1n) is 4.59. The van der Waals surface area contributed by atoms with Crippen molar-refractivity contribution in [3.63, 3.8) is 0 Å². The number of hydrogen-bond donors (Lipinski definition) is 0. The standard InChI is InChI=1S/C10H17NO/c1-4-5-8-11-9(12)6-7-10(11,2)3/h6-7H,4-5,8H2,1-3H3. The molecule has 0 fully saturated rings. The first kappa shape index (κ1) is 9.30. The van der Waals surface area contributed by atoms with Gasteiger partial charge in [0.15, 0.2) is 0 Å². The Morgan fingerprint density at radius 1 is 1.50 bits per heavy atom. The van der Waals surface area contributed by atoms with Crippen LogP contribution in [0.1, 0.15) is 33.6 Å². The van der Waals surface area contributed by atoms with Crippen LogP contribution < -0.4 is 0 Å². The summed E-state index contributed by atoms with van der Waals surface area (Å²) in [6, 6.07) is 0. The molecule has 0 bridgehead atoms. The summed E-state index contributed by atoms with van der Waals surface area (Å²) in [5.74, 6) is 0.161. The van der Waals surface area contributed by atoms with Gasteiger partial charge in [-0.15, -0.1) is 0 Å². The smallest absolute Gasteiger partial charge is 0.247 e. The maximum absolute atomic E-state index is 11.3. The van der Waals surface area contributed by atoms with Gasteiger partial charge in [-0.25, -0.2) is 0 Å². The molecule has 68 valence electrons. The monoisotopic (exact) mass is 167 g/mol. The van der Waals surface area contributed by atoms with E-state index in [0.717, 1.165) is 19.4 Å². The van der Waals surface area contributed by atoms with Crippen molar-refractivity contribution >= 4 is 5.91 Å². The largest absolute Gasteiger partial charge is 0.331 e. The Morgan fingerprint density at radius 3 is 2.58 bits per heavy atom. The van der Waals surface area contributed by atoms with Crippen molar-refractivity contribution in [3.8, 4) is 0 Å². The predicted octanol–water partition coefficient (Wildman–Crippen LogP) is 1.96. The Labute approximate surface area is 74.2 Å². The third-order valence-corrected chi connectivity index (χ3v) is 2.33. The molecule has 0 atom stereocenters. The Bertz CT molecular complexity index is 206. The number of carbonyl (C=O) groups is 1.